The van der Waals surface area contributed by atoms with E-state index < -0.39 is 0 Å². The van der Waals surface area contributed by atoms with E-state index in [-0.39, 0.29) is 12.0 Å². The molecule has 5 nitrogen and oxygen atoms in total. The lowest BCUT2D eigenvalue weighted by Crippen LogP contribution is -2.40. The number of rotatable bonds is 6. The molecule has 0 radical (unpaired) electrons. The molecule has 1 aromatic carbocycles. The summed E-state index contributed by atoms with van der Waals surface area (Å²) in [5.74, 6) is 1.67. The van der Waals surface area contributed by atoms with E-state index in [4.69, 9.17) is 14.2 Å². The van der Waals surface area contributed by atoms with Crippen molar-refractivity contribution in [3.05, 3.63) is 23.8 Å². The number of benzene rings is 1. The predicted octanol–water partition coefficient (Wildman–Crippen LogP) is 2.37. The number of hydrogen-bond acceptors (Lipinski definition) is 4. The van der Waals surface area contributed by atoms with Gasteiger partial charge in [-0.15, -0.1) is 0 Å². The molecule has 22 heavy (non-hydrogen) atoms. The molecule has 1 aliphatic carbocycles. The highest BCUT2D eigenvalue weighted by molar-refractivity contribution is 5.81. The molecule has 1 heterocycles. The van der Waals surface area contributed by atoms with Crippen LogP contribution in [0.4, 0.5) is 0 Å². The van der Waals surface area contributed by atoms with Crippen LogP contribution < -0.4 is 9.47 Å². The van der Waals surface area contributed by atoms with Crippen LogP contribution in [0.2, 0.25) is 0 Å². The molecule has 0 aromatic heterocycles. The molecule has 120 valence electrons. The average molecular weight is 305 g/mol. The van der Waals surface area contributed by atoms with E-state index in [1.165, 1.54) is 0 Å². The number of ether oxygens (including phenoxy) is 3. The third-order valence-electron chi connectivity index (χ3n) is 4.30. The Hall–Kier alpha value is -1.75. The van der Waals surface area contributed by atoms with Gasteiger partial charge in [0.1, 0.15) is 17.6 Å². The summed E-state index contributed by atoms with van der Waals surface area (Å²) < 4.78 is 16.3. The molecule has 5 heteroatoms. The highest BCUT2D eigenvalue weighted by Crippen LogP contribution is 2.33. The van der Waals surface area contributed by atoms with Crippen molar-refractivity contribution < 1.29 is 19.0 Å². The molecule has 0 bridgehead atoms. The first-order valence-electron chi connectivity index (χ1n) is 7.86. The molecule has 1 aliphatic heterocycles. The van der Waals surface area contributed by atoms with E-state index in [0.717, 1.165) is 42.7 Å². The summed E-state index contributed by atoms with van der Waals surface area (Å²) >= 11 is 0. The van der Waals surface area contributed by atoms with E-state index in [0.29, 0.717) is 19.2 Å². The molecule has 1 unspecified atom stereocenters. The largest absolute Gasteiger partial charge is 0.497 e. The monoisotopic (exact) mass is 305 g/mol. The number of nitrogens with zero attached hydrogens (tertiary/aromatic N) is 1. The Morgan fingerprint density at radius 3 is 2.68 bits per heavy atom. The second-order valence-corrected chi connectivity index (χ2v) is 5.88. The van der Waals surface area contributed by atoms with Crippen molar-refractivity contribution in [3.8, 4) is 11.5 Å². The van der Waals surface area contributed by atoms with Crippen LogP contribution in [0.25, 0.3) is 0 Å². The lowest BCUT2D eigenvalue weighted by Gasteiger charge is -2.26. The van der Waals surface area contributed by atoms with Gasteiger partial charge >= 0.3 is 0 Å². The minimum absolute atomic E-state index is 0.116. The summed E-state index contributed by atoms with van der Waals surface area (Å²) in [7, 11) is 3.29. The maximum atomic E-state index is 12.7. The van der Waals surface area contributed by atoms with Gasteiger partial charge in [-0.1, -0.05) is 0 Å². The Morgan fingerprint density at radius 2 is 2.09 bits per heavy atom. The van der Waals surface area contributed by atoms with Gasteiger partial charge in [-0.05, 0) is 43.9 Å². The van der Waals surface area contributed by atoms with E-state index in [2.05, 4.69) is 0 Å². The summed E-state index contributed by atoms with van der Waals surface area (Å²) in [6.07, 6.45) is 3.68. The third-order valence-corrected chi connectivity index (χ3v) is 4.30. The summed E-state index contributed by atoms with van der Waals surface area (Å²) in [6.45, 7) is 1.24. The van der Waals surface area contributed by atoms with E-state index in [1.54, 1.807) is 14.2 Å². The minimum Gasteiger partial charge on any atom is -0.497 e. The number of methoxy groups -OCH3 is 2. The second kappa shape index (κ2) is 6.57. The first kappa shape index (κ1) is 15.2. The SMILES string of the molecule is COc1ccc(OC)c(CN(C(=O)C2CCCO2)C2CC2)c1. The molecule has 3 rings (SSSR count). The van der Waals surface area contributed by atoms with Crippen LogP contribution in [0.3, 0.4) is 0 Å². The first-order chi connectivity index (χ1) is 10.7. The van der Waals surface area contributed by atoms with Crippen molar-refractivity contribution in [1.82, 2.24) is 4.90 Å². The molecule has 0 spiro atoms. The third kappa shape index (κ3) is 3.19. The van der Waals surface area contributed by atoms with Crippen molar-refractivity contribution >= 4 is 5.91 Å². The molecule has 0 N–H and O–H groups in total. The average Bonchev–Trinajstić information content (AvgIpc) is 3.24. The molecule has 1 atom stereocenters. The summed E-state index contributed by atoms with van der Waals surface area (Å²) in [5, 5.41) is 0. The van der Waals surface area contributed by atoms with Crippen LogP contribution >= 0.6 is 0 Å². The number of hydrogen-bond donors (Lipinski definition) is 0. The smallest absolute Gasteiger partial charge is 0.252 e. The zero-order valence-corrected chi connectivity index (χ0v) is 13.2. The Labute approximate surface area is 131 Å². The van der Waals surface area contributed by atoms with Gasteiger partial charge < -0.3 is 19.1 Å². The lowest BCUT2D eigenvalue weighted by molar-refractivity contribution is -0.142. The van der Waals surface area contributed by atoms with Gasteiger partial charge in [-0.25, -0.2) is 0 Å². The quantitative estimate of drug-likeness (QED) is 0.809. The fourth-order valence-corrected chi connectivity index (χ4v) is 2.92. The number of carbonyl (C=O) groups excluding carboxylic acids is 1. The molecule has 1 aromatic rings. The van der Waals surface area contributed by atoms with E-state index >= 15 is 0 Å². The van der Waals surface area contributed by atoms with Gasteiger partial charge in [0.2, 0.25) is 0 Å². The van der Waals surface area contributed by atoms with Crippen LogP contribution in [0, 0.1) is 0 Å². The Kier molecular flexibility index (Phi) is 4.52. The Balaban J connectivity index is 1.80. The van der Waals surface area contributed by atoms with Crippen LogP contribution in [0.15, 0.2) is 18.2 Å². The van der Waals surface area contributed by atoms with Gasteiger partial charge in [-0.3, -0.25) is 4.79 Å². The molecule has 2 fully saturated rings. The van der Waals surface area contributed by atoms with E-state index in [1.807, 2.05) is 23.1 Å². The topological polar surface area (TPSA) is 48.0 Å². The maximum absolute atomic E-state index is 12.7. The molecule has 1 saturated heterocycles. The van der Waals surface area contributed by atoms with Crippen LogP contribution in [-0.2, 0) is 16.1 Å². The first-order valence-corrected chi connectivity index (χ1v) is 7.86. The van der Waals surface area contributed by atoms with Gasteiger partial charge in [0.25, 0.3) is 5.91 Å². The van der Waals surface area contributed by atoms with Crippen molar-refractivity contribution in [2.24, 2.45) is 0 Å². The van der Waals surface area contributed by atoms with Gasteiger partial charge in [0.15, 0.2) is 0 Å². The number of amides is 1. The fraction of sp³-hybridized carbons (Fsp3) is 0.588. The van der Waals surface area contributed by atoms with Gasteiger partial charge in [-0.2, -0.15) is 0 Å². The van der Waals surface area contributed by atoms with Crippen molar-refractivity contribution in [3.63, 3.8) is 0 Å². The Morgan fingerprint density at radius 1 is 1.27 bits per heavy atom. The lowest BCUT2D eigenvalue weighted by atomic mass is 10.1. The van der Waals surface area contributed by atoms with Gasteiger partial charge in [0.05, 0.1) is 14.2 Å². The fourth-order valence-electron chi connectivity index (χ4n) is 2.92. The van der Waals surface area contributed by atoms with Crippen molar-refractivity contribution in [2.45, 2.75) is 44.4 Å². The molecular weight excluding hydrogens is 282 g/mol. The summed E-state index contributed by atoms with van der Waals surface area (Å²) in [5.41, 5.74) is 0.972. The van der Waals surface area contributed by atoms with E-state index in [9.17, 15) is 4.79 Å². The zero-order chi connectivity index (χ0) is 15.5. The number of carbonyl (C=O) groups is 1. The highest BCUT2D eigenvalue weighted by atomic mass is 16.5. The molecule has 1 amide bonds. The minimum atomic E-state index is -0.266. The summed E-state index contributed by atoms with van der Waals surface area (Å²) in [4.78, 5) is 14.7. The van der Waals surface area contributed by atoms with Crippen LogP contribution in [0.1, 0.15) is 31.2 Å². The van der Waals surface area contributed by atoms with Crippen molar-refractivity contribution in [1.29, 1.82) is 0 Å². The molecule has 1 saturated carbocycles. The van der Waals surface area contributed by atoms with Crippen LogP contribution in [0.5, 0.6) is 11.5 Å². The standard InChI is InChI=1S/C17H23NO4/c1-20-14-7-8-15(21-2)12(10-14)11-18(13-5-6-13)17(19)16-4-3-9-22-16/h7-8,10,13,16H,3-6,9,11H2,1-2H3. The maximum Gasteiger partial charge on any atom is 0.252 e. The molecule has 2 aliphatic rings. The highest BCUT2D eigenvalue weighted by Gasteiger charge is 2.37. The predicted molar refractivity (Wildman–Crippen MR) is 82.1 cm³/mol. The van der Waals surface area contributed by atoms with Gasteiger partial charge in [0, 0.05) is 24.8 Å². The van der Waals surface area contributed by atoms with Crippen LogP contribution in [-0.4, -0.2) is 43.8 Å². The molecular formula is C17H23NO4. The normalized spacial score (nSPS) is 20.7. The Bertz CT molecular complexity index is 535. The van der Waals surface area contributed by atoms with Crippen molar-refractivity contribution in [2.75, 3.05) is 20.8 Å². The second-order valence-electron chi connectivity index (χ2n) is 5.88. The zero-order valence-electron chi connectivity index (χ0n) is 13.2. The summed E-state index contributed by atoms with van der Waals surface area (Å²) in [6, 6.07) is 6.03.